The van der Waals surface area contributed by atoms with E-state index in [1.54, 1.807) is 13.2 Å². The lowest BCUT2D eigenvalue weighted by Gasteiger charge is -2.22. The zero-order valence-corrected chi connectivity index (χ0v) is 14.2. The molecule has 6 heteroatoms. The lowest BCUT2D eigenvalue weighted by atomic mass is 10.1. The molecule has 1 amide bonds. The van der Waals surface area contributed by atoms with Gasteiger partial charge < -0.3 is 19.6 Å². The maximum absolute atomic E-state index is 12.3. The van der Waals surface area contributed by atoms with Gasteiger partial charge in [0.15, 0.2) is 0 Å². The van der Waals surface area contributed by atoms with Crippen LogP contribution in [-0.2, 0) is 4.79 Å². The Morgan fingerprint density at radius 3 is 2.33 bits per heavy atom. The predicted octanol–water partition coefficient (Wildman–Crippen LogP) is 1.87. The smallest absolute Gasteiger partial charge is 0.244 e. The number of phenols is 1. The minimum atomic E-state index is 0.0669. The van der Waals surface area contributed by atoms with Gasteiger partial charge in [-0.25, -0.2) is 0 Å². The Kier molecular flexibility index (Phi) is 5.23. The van der Waals surface area contributed by atoms with Crippen LogP contribution in [0.25, 0.3) is 0 Å². The molecule has 2 aliphatic rings. The number of amidine groups is 1. The van der Waals surface area contributed by atoms with E-state index >= 15 is 0 Å². The Balaban J connectivity index is 1.83. The van der Waals surface area contributed by atoms with Gasteiger partial charge in [0, 0.05) is 32.2 Å². The minimum Gasteiger partial charge on any atom is -0.507 e. The van der Waals surface area contributed by atoms with Crippen LogP contribution in [0.2, 0.25) is 0 Å². The summed E-state index contributed by atoms with van der Waals surface area (Å²) in [7, 11) is 1.57. The lowest BCUT2D eigenvalue weighted by Crippen LogP contribution is -2.33. The molecule has 0 unspecified atom stereocenters. The molecule has 24 heavy (non-hydrogen) atoms. The average molecular weight is 331 g/mol. The first-order chi connectivity index (χ1) is 11.7. The molecular weight excluding hydrogens is 306 g/mol. The Morgan fingerprint density at radius 1 is 1.12 bits per heavy atom. The number of rotatable bonds is 4. The van der Waals surface area contributed by atoms with Crippen LogP contribution in [0.4, 0.5) is 0 Å². The molecule has 0 spiro atoms. The monoisotopic (exact) mass is 331 g/mol. The van der Waals surface area contributed by atoms with Gasteiger partial charge in [-0.05, 0) is 37.8 Å². The second-order valence-electron chi connectivity index (χ2n) is 6.30. The Labute approximate surface area is 142 Å². The summed E-state index contributed by atoms with van der Waals surface area (Å²) >= 11 is 0. The molecule has 2 heterocycles. The predicted molar refractivity (Wildman–Crippen MR) is 92.7 cm³/mol. The van der Waals surface area contributed by atoms with Crippen molar-refractivity contribution in [3.63, 3.8) is 0 Å². The third-order valence-corrected chi connectivity index (χ3v) is 4.67. The number of amides is 1. The molecule has 130 valence electrons. The highest BCUT2D eigenvalue weighted by atomic mass is 16.5. The van der Waals surface area contributed by atoms with Crippen LogP contribution in [0.1, 0.15) is 31.2 Å². The normalized spacial score (nSPS) is 18.3. The molecule has 0 aliphatic carbocycles. The van der Waals surface area contributed by atoms with Crippen molar-refractivity contribution in [2.24, 2.45) is 4.99 Å². The molecule has 1 N–H and O–H groups in total. The van der Waals surface area contributed by atoms with Crippen LogP contribution in [0.15, 0.2) is 23.2 Å². The minimum absolute atomic E-state index is 0.0669. The number of carbonyl (C=O) groups excluding carboxylic acids is 1. The summed E-state index contributed by atoms with van der Waals surface area (Å²) in [5.74, 6) is 1.51. The number of likely N-dealkylation sites (tertiary alicyclic amines) is 2. The molecule has 0 saturated carbocycles. The van der Waals surface area contributed by atoms with E-state index in [9.17, 15) is 9.90 Å². The molecule has 0 radical (unpaired) electrons. The number of aromatic hydroxyl groups is 1. The number of hydrogen-bond donors (Lipinski definition) is 1. The van der Waals surface area contributed by atoms with Crippen LogP contribution in [-0.4, -0.2) is 66.5 Å². The summed E-state index contributed by atoms with van der Waals surface area (Å²) in [6, 6.07) is 5.21. The van der Waals surface area contributed by atoms with Gasteiger partial charge in [-0.15, -0.1) is 0 Å². The summed E-state index contributed by atoms with van der Waals surface area (Å²) < 4.78 is 5.15. The fraction of sp³-hybridized carbons (Fsp3) is 0.556. The van der Waals surface area contributed by atoms with Crippen LogP contribution >= 0.6 is 0 Å². The second kappa shape index (κ2) is 7.55. The topological polar surface area (TPSA) is 65.4 Å². The number of benzene rings is 1. The molecule has 1 aromatic carbocycles. The van der Waals surface area contributed by atoms with Crippen molar-refractivity contribution in [1.29, 1.82) is 0 Å². The number of carbonyl (C=O) groups is 1. The molecule has 2 aliphatic heterocycles. The fourth-order valence-corrected chi connectivity index (χ4v) is 3.32. The van der Waals surface area contributed by atoms with Crippen LogP contribution in [0, 0.1) is 0 Å². The Morgan fingerprint density at radius 2 is 1.75 bits per heavy atom. The highest BCUT2D eigenvalue weighted by molar-refractivity contribution is 6.02. The zero-order chi connectivity index (χ0) is 16.9. The van der Waals surface area contributed by atoms with Crippen molar-refractivity contribution in [1.82, 2.24) is 9.80 Å². The van der Waals surface area contributed by atoms with E-state index in [1.165, 1.54) is 0 Å². The SMILES string of the molecule is COc1ccc(C(=NCC(=O)N2CCCC2)N2CCCC2)c(O)c1. The van der Waals surface area contributed by atoms with Crippen molar-refractivity contribution >= 4 is 11.7 Å². The second-order valence-corrected chi connectivity index (χ2v) is 6.30. The lowest BCUT2D eigenvalue weighted by molar-refractivity contribution is -0.128. The van der Waals surface area contributed by atoms with E-state index in [-0.39, 0.29) is 18.2 Å². The maximum Gasteiger partial charge on any atom is 0.244 e. The molecule has 1 aromatic rings. The van der Waals surface area contributed by atoms with Gasteiger partial charge in [-0.1, -0.05) is 0 Å². The Bertz CT molecular complexity index is 618. The van der Waals surface area contributed by atoms with Gasteiger partial charge in [0.25, 0.3) is 0 Å². The number of phenolic OH excluding ortho intramolecular Hbond substituents is 1. The molecule has 0 atom stereocenters. The summed E-state index contributed by atoms with van der Waals surface area (Å²) in [5.41, 5.74) is 0.659. The summed E-state index contributed by atoms with van der Waals surface area (Å²) in [6.45, 7) is 3.62. The van der Waals surface area contributed by atoms with Crippen molar-refractivity contribution < 1.29 is 14.6 Å². The van der Waals surface area contributed by atoms with Gasteiger partial charge in [0.2, 0.25) is 5.91 Å². The van der Waals surface area contributed by atoms with Crippen LogP contribution in [0.5, 0.6) is 11.5 Å². The van der Waals surface area contributed by atoms with Crippen molar-refractivity contribution in [2.45, 2.75) is 25.7 Å². The van der Waals surface area contributed by atoms with Crippen molar-refractivity contribution in [3.8, 4) is 11.5 Å². The quantitative estimate of drug-likeness (QED) is 0.676. The number of nitrogens with zero attached hydrogens (tertiary/aromatic N) is 3. The van der Waals surface area contributed by atoms with Gasteiger partial charge in [-0.2, -0.15) is 0 Å². The third kappa shape index (κ3) is 3.63. The van der Waals surface area contributed by atoms with Crippen molar-refractivity contribution in [2.75, 3.05) is 39.8 Å². The summed E-state index contributed by atoms with van der Waals surface area (Å²) in [6.07, 6.45) is 4.37. The summed E-state index contributed by atoms with van der Waals surface area (Å²) in [4.78, 5) is 20.9. The molecule has 0 aromatic heterocycles. The maximum atomic E-state index is 12.3. The van der Waals surface area contributed by atoms with Crippen LogP contribution in [0.3, 0.4) is 0 Å². The molecule has 2 fully saturated rings. The standard InChI is InChI=1S/C18H25N3O3/c1-24-14-6-7-15(16(22)12-14)18(21-10-4-5-11-21)19-13-17(23)20-8-2-3-9-20/h6-7,12,22H,2-5,8-11,13H2,1H3. The van der Waals surface area contributed by atoms with Crippen molar-refractivity contribution in [3.05, 3.63) is 23.8 Å². The van der Waals surface area contributed by atoms with Crippen LogP contribution < -0.4 is 4.74 Å². The molecule has 2 saturated heterocycles. The first kappa shape index (κ1) is 16.6. The van der Waals surface area contributed by atoms with E-state index in [0.29, 0.717) is 17.1 Å². The van der Waals surface area contributed by atoms with E-state index < -0.39 is 0 Å². The average Bonchev–Trinajstić information content (AvgIpc) is 3.29. The molecule has 6 nitrogen and oxygen atoms in total. The first-order valence-corrected chi connectivity index (χ1v) is 8.63. The van der Waals surface area contributed by atoms with E-state index in [2.05, 4.69) is 9.89 Å². The molecule has 0 bridgehead atoms. The van der Waals surface area contributed by atoms with E-state index in [0.717, 1.165) is 51.9 Å². The largest absolute Gasteiger partial charge is 0.507 e. The fourth-order valence-electron chi connectivity index (χ4n) is 3.32. The number of hydrogen-bond acceptors (Lipinski definition) is 4. The summed E-state index contributed by atoms with van der Waals surface area (Å²) in [5, 5.41) is 10.3. The number of methoxy groups -OCH3 is 1. The highest BCUT2D eigenvalue weighted by Crippen LogP contribution is 2.26. The third-order valence-electron chi connectivity index (χ3n) is 4.67. The Hall–Kier alpha value is -2.24. The van der Waals surface area contributed by atoms with Gasteiger partial charge in [0.1, 0.15) is 23.9 Å². The highest BCUT2D eigenvalue weighted by Gasteiger charge is 2.22. The molecular formula is C18H25N3O3. The zero-order valence-electron chi connectivity index (χ0n) is 14.2. The first-order valence-electron chi connectivity index (χ1n) is 8.63. The van der Waals surface area contributed by atoms with E-state index in [1.807, 2.05) is 17.0 Å². The molecule has 3 rings (SSSR count). The van der Waals surface area contributed by atoms with Gasteiger partial charge in [-0.3, -0.25) is 9.79 Å². The van der Waals surface area contributed by atoms with Gasteiger partial charge >= 0.3 is 0 Å². The number of aliphatic imine (C=N–C) groups is 1. The van der Waals surface area contributed by atoms with Gasteiger partial charge in [0.05, 0.1) is 12.7 Å². The van der Waals surface area contributed by atoms with E-state index in [4.69, 9.17) is 4.74 Å². The number of ether oxygens (including phenoxy) is 1.